The standard InChI is InChI=1S/C13H17NS/c15-12-2-1-10-8-13(9-11(10)7-12)3-5-14-6-4-13/h1-2,7,14-15H,3-6,8-9H2. The summed E-state index contributed by atoms with van der Waals surface area (Å²) in [5.41, 5.74) is 3.69. The minimum absolute atomic E-state index is 0.579. The van der Waals surface area contributed by atoms with Gasteiger partial charge in [-0.05, 0) is 67.4 Å². The number of hydrogen-bond donors (Lipinski definition) is 2. The van der Waals surface area contributed by atoms with Gasteiger partial charge >= 0.3 is 0 Å². The molecule has 1 saturated heterocycles. The van der Waals surface area contributed by atoms with Crippen molar-refractivity contribution < 1.29 is 0 Å². The van der Waals surface area contributed by atoms with Crippen LogP contribution in [0.15, 0.2) is 23.1 Å². The number of thiol groups is 1. The van der Waals surface area contributed by atoms with Gasteiger partial charge in [0.05, 0.1) is 0 Å². The van der Waals surface area contributed by atoms with E-state index >= 15 is 0 Å². The highest BCUT2D eigenvalue weighted by Gasteiger charge is 2.37. The van der Waals surface area contributed by atoms with E-state index < -0.39 is 0 Å². The van der Waals surface area contributed by atoms with Crippen molar-refractivity contribution in [2.75, 3.05) is 13.1 Å². The fourth-order valence-electron chi connectivity index (χ4n) is 3.13. The predicted octanol–water partition coefficient (Wildman–Crippen LogP) is 2.44. The molecule has 1 aromatic carbocycles. The molecule has 1 aliphatic heterocycles. The summed E-state index contributed by atoms with van der Waals surface area (Å²) < 4.78 is 0. The third-order valence-electron chi connectivity index (χ3n) is 3.98. The third-order valence-corrected chi connectivity index (χ3v) is 4.26. The average Bonchev–Trinajstić information content (AvgIpc) is 2.56. The molecule has 3 rings (SSSR count). The Hall–Kier alpha value is -0.470. The summed E-state index contributed by atoms with van der Waals surface area (Å²) >= 11 is 4.42. The maximum atomic E-state index is 4.42. The van der Waals surface area contributed by atoms with E-state index in [1.165, 1.54) is 38.8 Å². The maximum absolute atomic E-state index is 4.42. The van der Waals surface area contributed by atoms with Crippen LogP contribution >= 0.6 is 12.6 Å². The van der Waals surface area contributed by atoms with Gasteiger partial charge in [-0.1, -0.05) is 6.07 Å². The Morgan fingerprint density at radius 1 is 1.07 bits per heavy atom. The first kappa shape index (κ1) is 9.73. The van der Waals surface area contributed by atoms with Gasteiger partial charge in [-0.25, -0.2) is 0 Å². The van der Waals surface area contributed by atoms with Crippen LogP contribution in [-0.2, 0) is 12.8 Å². The van der Waals surface area contributed by atoms with Crippen LogP contribution in [0.1, 0.15) is 24.0 Å². The molecule has 1 spiro atoms. The molecule has 1 heterocycles. The van der Waals surface area contributed by atoms with Gasteiger partial charge < -0.3 is 5.32 Å². The van der Waals surface area contributed by atoms with Crippen molar-refractivity contribution in [2.24, 2.45) is 5.41 Å². The highest BCUT2D eigenvalue weighted by Crippen LogP contribution is 2.43. The van der Waals surface area contributed by atoms with E-state index in [4.69, 9.17) is 0 Å². The lowest BCUT2D eigenvalue weighted by Gasteiger charge is -2.33. The minimum Gasteiger partial charge on any atom is -0.317 e. The number of piperidine rings is 1. The topological polar surface area (TPSA) is 12.0 Å². The lowest BCUT2D eigenvalue weighted by Crippen LogP contribution is -2.37. The van der Waals surface area contributed by atoms with Crippen molar-refractivity contribution >= 4 is 12.6 Å². The molecule has 0 bridgehead atoms. The normalized spacial score (nSPS) is 23.0. The Bertz CT molecular complexity index is 380. The number of rotatable bonds is 0. The third kappa shape index (κ3) is 1.70. The van der Waals surface area contributed by atoms with Gasteiger partial charge in [-0.2, -0.15) is 0 Å². The van der Waals surface area contributed by atoms with Gasteiger partial charge in [0.25, 0.3) is 0 Å². The molecule has 0 atom stereocenters. The SMILES string of the molecule is Sc1ccc2c(c1)CC1(CCNCC1)C2. The summed E-state index contributed by atoms with van der Waals surface area (Å²) in [7, 11) is 0. The van der Waals surface area contributed by atoms with Gasteiger partial charge in [0.1, 0.15) is 0 Å². The van der Waals surface area contributed by atoms with E-state index in [-0.39, 0.29) is 0 Å². The monoisotopic (exact) mass is 219 g/mol. The molecule has 1 aliphatic carbocycles. The van der Waals surface area contributed by atoms with E-state index in [9.17, 15) is 0 Å². The smallest absolute Gasteiger partial charge is 0.00429 e. The zero-order chi connectivity index (χ0) is 10.3. The second kappa shape index (κ2) is 3.53. The molecule has 0 amide bonds. The van der Waals surface area contributed by atoms with Crippen LogP contribution in [0.4, 0.5) is 0 Å². The summed E-state index contributed by atoms with van der Waals surface area (Å²) in [4.78, 5) is 1.11. The minimum atomic E-state index is 0.579. The highest BCUT2D eigenvalue weighted by molar-refractivity contribution is 7.80. The second-order valence-corrected chi connectivity index (χ2v) is 5.57. The molecule has 0 unspecified atom stereocenters. The molecule has 1 nitrogen and oxygen atoms in total. The molecular formula is C13H17NS. The quantitative estimate of drug-likeness (QED) is 0.639. The van der Waals surface area contributed by atoms with Crippen LogP contribution < -0.4 is 5.32 Å². The first-order chi connectivity index (χ1) is 7.27. The Morgan fingerprint density at radius 3 is 2.60 bits per heavy atom. The zero-order valence-corrected chi connectivity index (χ0v) is 9.82. The number of hydrogen-bond acceptors (Lipinski definition) is 2. The Balaban J connectivity index is 1.90. The molecule has 0 saturated carbocycles. The summed E-state index contributed by atoms with van der Waals surface area (Å²) in [6.07, 6.45) is 5.24. The number of benzene rings is 1. The molecule has 1 aromatic rings. The second-order valence-electron chi connectivity index (χ2n) is 5.06. The maximum Gasteiger partial charge on any atom is 0.00429 e. The molecule has 1 fully saturated rings. The van der Waals surface area contributed by atoms with E-state index in [0.29, 0.717) is 5.41 Å². The van der Waals surface area contributed by atoms with Crippen LogP contribution in [0.25, 0.3) is 0 Å². The Labute approximate surface area is 96.7 Å². The molecule has 0 aromatic heterocycles. The molecule has 80 valence electrons. The fourth-order valence-corrected chi connectivity index (χ4v) is 3.36. The lowest BCUT2D eigenvalue weighted by molar-refractivity contribution is 0.216. The Morgan fingerprint density at radius 2 is 1.80 bits per heavy atom. The van der Waals surface area contributed by atoms with E-state index in [1.54, 1.807) is 11.1 Å². The lowest BCUT2D eigenvalue weighted by atomic mass is 9.76. The first-order valence-corrected chi connectivity index (χ1v) is 6.24. The summed E-state index contributed by atoms with van der Waals surface area (Å²) in [5.74, 6) is 0. The van der Waals surface area contributed by atoms with Crippen molar-refractivity contribution in [1.29, 1.82) is 0 Å². The summed E-state index contributed by atoms with van der Waals surface area (Å²) in [6.45, 7) is 2.39. The van der Waals surface area contributed by atoms with Gasteiger partial charge in [-0.15, -0.1) is 12.6 Å². The molecule has 0 radical (unpaired) electrons. The molecule has 1 N–H and O–H groups in total. The van der Waals surface area contributed by atoms with Crippen molar-refractivity contribution in [3.8, 4) is 0 Å². The van der Waals surface area contributed by atoms with Crippen molar-refractivity contribution in [3.05, 3.63) is 29.3 Å². The van der Waals surface area contributed by atoms with Crippen molar-refractivity contribution in [2.45, 2.75) is 30.6 Å². The van der Waals surface area contributed by atoms with Gasteiger partial charge in [0.2, 0.25) is 0 Å². The van der Waals surface area contributed by atoms with Crippen LogP contribution in [0.3, 0.4) is 0 Å². The average molecular weight is 219 g/mol. The van der Waals surface area contributed by atoms with Gasteiger partial charge in [-0.3, -0.25) is 0 Å². The zero-order valence-electron chi connectivity index (χ0n) is 8.92. The molecule has 2 heteroatoms. The largest absolute Gasteiger partial charge is 0.317 e. The van der Waals surface area contributed by atoms with E-state index in [2.05, 4.69) is 36.1 Å². The molecule has 2 aliphatic rings. The fraction of sp³-hybridized carbons (Fsp3) is 0.538. The summed E-state index contributed by atoms with van der Waals surface area (Å²) in [6, 6.07) is 6.66. The van der Waals surface area contributed by atoms with Crippen LogP contribution in [0, 0.1) is 5.41 Å². The first-order valence-electron chi connectivity index (χ1n) is 5.79. The van der Waals surface area contributed by atoms with Gasteiger partial charge in [0, 0.05) is 4.90 Å². The van der Waals surface area contributed by atoms with Crippen LogP contribution in [-0.4, -0.2) is 13.1 Å². The molecule has 15 heavy (non-hydrogen) atoms. The Kier molecular flexibility index (Phi) is 2.29. The highest BCUT2D eigenvalue weighted by atomic mass is 32.1. The van der Waals surface area contributed by atoms with E-state index in [1.807, 2.05) is 0 Å². The predicted molar refractivity (Wildman–Crippen MR) is 65.6 cm³/mol. The van der Waals surface area contributed by atoms with E-state index in [0.717, 1.165) is 4.90 Å². The van der Waals surface area contributed by atoms with Crippen LogP contribution in [0.5, 0.6) is 0 Å². The van der Waals surface area contributed by atoms with Crippen molar-refractivity contribution in [3.63, 3.8) is 0 Å². The molecular weight excluding hydrogens is 202 g/mol. The van der Waals surface area contributed by atoms with Crippen molar-refractivity contribution in [1.82, 2.24) is 5.32 Å². The van der Waals surface area contributed by atoms with Crippen LogP contribution in [0.2, 0.25) is 0 Å². The summed E-state index contributed by atoms with van der Waals surface area (Å²) in [5, 5.41) is 3.46. The number of nitrogens with one attached hydrogen (secondary N) is 1. The number of fused-ring (bicyclic) bond motifs is 1. The van der Waals surface area contributed by atoms with Gasteiger partial charge in [0.15, 0.2) is 0 Å².